The fourth-order valence-electron chi connectivity index (χ4n) is 4.19. The summed E-state index contributed by atoms with van der Waals surface area (Å²) in [5.41, 5.74) is 11.6. The van der Waals surface area contributed by atoms with Crippen molar-refractivity contribution in [1.29, 1.82) is 0 Å². The van der Waals surface area contributed by atoms with Crippen LogP contribution in [0.3, 0.4) is 0 Å². The largest absolute Gasteiger partial charge is 0.508 e. The molecule has 1 aliphatic heterocycles. The number of aromatic hydroxyl groups is 2. The van der Waals surface area contributed by atoms with E-state index in [9.17, 15) is 30.4 Å². The number of nitrogens with two attached hydrogens (primary N) is 2. The van der Waals surface area contributed by atoms with Gasteiger partial charge in [-0.25, -0.2) is 4.98 Å². The Balaban J connectivity index is 0.000000209. The minimum absolute atomic E-state index is 0.0318. The summed E-state index contributed by atoms with van der Waals surface area (Å²) in [5.74, 6) is 0.107. The number of nitrogens with one attached hydrogen (secondary N) is 1. The predicted molar refractivity (Wildman–Crippen MR) is 171 cm³/mol. The summed E-state index contributed by atoms with van der Waals surface area (Å²) in [6, 6.07) is 26.9. The molecule has 1 aliphatic carbocycles. The van der Waals surface area contributed by atoms with Crippen molar-refractivity contribution in [2.45, 2.75) is 0 Å². The second-order valence-electron chi connectivity index (χ2n) is 9.55. The van der Waals surface area contributed by atoms with Crippen LogP contribution in [0.25, 0.3) is 20.8 Å². The third-order valence-electron chi connectivity index (χ3n) is 6.39. The molecule has 0 saturated heterocycles. The van der Waals surface area contributed by atoms with Crippen molar-refractivity contribution in [2.75, 3.05) is 11.2 Å². The molecule has 0 radical (unpaired) electrons. The number of nitro benzene ring substituents is 2. The quantitative estimate of drug-likeness (QED) is 0.0583. The average molecular weight is 623 g/mol. The molecular formula is C31H24N7O6S+. The van der Waals surface area contributed by atoms with Gasteiger partial charge in [0.1, 0.15) is 17.2 Å². The van der Waals surface area contributed by atoms with E-state index < -0.39 is 21.2 Å². The van der Waals surface area contributed by atoms with Crippen molar-refractivity contribution in [3.63, 3.8) is 0 Å². The van der Waals surface area contributed by atoms with Crippen LogP contribution in [-0.2, 0) is 0 Å². The smallest absolute Gasteiger partial charge is 0.301 e. The van der Waals surface area contributed by atoms with Gasteiger partial charge in [-0.1, -0.05) is 0 Å². The maximum Gasteiger partial charge on any atom is 0.301 e. The van der Waals surface area contributed by atoms with Gasteiger partial charge in [0.2, 0.25) is 0 Å². The van der Waals surface area contributed by atoms with E-state index in [1.165, 1.54) is 30.3 Å². The Kier molecular flexibility index (Phi) is 8.58. The number of phenolic OH excluding ortho intramolecular Hbond substituents is 2. The summed E-state index contributed by atoms with van der Waals surface area (Å²) in [4.78, 5) is 26.3. The molecule has 2 aliphatic rings. The molecule has 0 aromatic heterocycles. The number of fused-ring (bicyclic) bond motifs is 2. The zero-order valence-electron chi connectivity index (χ0n) is 23.2. The number of nitro groups is 2. The lowest BCUT2D eigenvalue weighted by atomic mass is 10.0. The fourth-order valence-corrected chi connectivity index (χ4v) is 5.25. The Labute approximate surface area is 258 Å². The maximum absolute atomic E-state index is 11.3. The van der Waals surface area contributed by atoms with E-state index in [-0.39, 0.29) is 17.2 Å². The van der Waals surface area contributed by atoms with Crippen molar-refractivity contribution < 1.29 is 25.5 Å². The summed E-state index contributed by atoms with van der Waals surface area (Å²) in [7, 11) is 0. The monoisotopic (exact) mass is 622 g/mol. The number of hydrazone groups is 1. The number of non-ortho nitro benzene ring substituents is 1. The first-order valence-corrected chi connectivity index (χ1v) is 13.9. The lowest BCUT2D eigenvalue weighted by Gasteiger charge is -2.09. The lowest BCUT2D eigenvalue weighted by Crippen LogP contribution is -2.44. The molecule has 0 spiro atoms. The van der Waals surface area contributed by atoms with Crippen LogP contribution in [0.1, 0.15) is 11.1 Å². The minimum atomic E-state index is -0.744. The van der Waals surface area contributed by atoms with E-state index in [0.29, 0.717) is 16.8 Å². The number of hydrogen-bond donors (Lipinski definition) is 5. The SMILES string of the molecule is Nc1ccc2nc3ccc(=[NH2+])cc-3sc2c1.O=[N+]([O-])c1ccc(NN=C(c2ccc(O)cc2)c2ccc(O)cc2)c([N+](=O)[O-])c1. The maximum atomic E-state index is 11.3. The van der Waals surface area contributed by atoms with E-state index in [1.807, 2.05) is 36.4 Å². The summed E-state index contributed by atoms with van der Waals surface area (Å²) >= 11 is 1.66. The van der Waals surface area contributed by atoms with Gasteiger partial charge in [-0.15, -0.1) is 11.3 Å². The Morgan fingerprint density at radius 2 is 1.47 bits per heavy atom. The molecule has 0 amide bonds. The molecule has 4 aromatic rings. The first-order chi connectivity index (χ1) is 21.6. The van der Waals surface area contributed by atoms with Gasteiger partial charge in [0.15, 0.2) is 5.36 Å². The van der Waals surface area contributed by atoms with Crippen LogP contribution in [0.5, 0.6) is 11.5 Å². The summed E-state index contributed by atoms with van der Waals surface area (Å²) in [5, 5.41) is 51.9. The molecule has 224 valence electrons. The van der Waals surface area contributed by atoms with Crippen LogP contribution >= 0.6 is 11.3 Å². The number of nitrogen functional groups attached to an aromatic ring is 1. The van der Waals surface area contributed by atoms with Crippen molar-refractivity contribution in [1.82, 2.24) is 4.98 Å². The molecule has 13 nitrogen and oxygen atoms in total. The number of nitrogens with zero attached hydrogens (tertiary/aromatic N) is 4. The summed E-state index contributed by atoms with van der Waals surface area (Å²) in [6.45, 7) is 0. The number of hydrogen-bond acceptors (Lipinski definition) is 11. The predicted octanol–water partition coefficient (Wildman–Crippen LogP) is 4.42. The van der Waals surface area contributed by atoms with Crippen LogP contribution in [-0.4, -0.2) is 30.8 Å². The molecule has 7 N–H and O–H groups in total. The molecule has 6 rings (SSSR count). The number of rotatable bonds is 6. The van der Waals surface area contributed by atoms with Crippen LogP contribution in [0.15, 0.2) is 108 Å². The molecule has 0 bridgehead atoms. The van der Waals surface area contributed by atoms with Gasteiger partial charge in [0.25, 0.3) is 5.69 Å². The third kappa shape index (κ3) is 7.15. The van der Waals surface area contributed by atoms with Crippen molar-refractivity contribution in [3.05, 3.63) is 140 Å². The summed E-state index contributed by atoms with van der Waals surface area (Å²) < 4.78 is 1.08. The van der Waals surface area contributed by atoms with Crippen LogP contribution in [0, 0.1) is 20.2 Å². The van der Waals surface area contributed by atoms with Crippen molar-refractivity contribution in [3.8, 4) is 22.1 Å². The fraction of sp³-hybridized carbons (Fsp3) is 0. The molecular weight excluding hydrogens is 598 g/mol. The van der Waals surface area contributed by atoms with Gasteiger partial charge in [-0.2, -0.15) is 5.10 Å². The minimum Gasteiger partial charge on any atom is -0.508 e. The van der Waals surface area contributed by atoms with Crippen LogP contribution in [0.2, 0.25) is 0 Å². The first kappa shape index (κ1) is 30.1. The third-order valence-corrected chi connectivity index (χ3v) is 7.48. The van der Waals surface area contributed by atoms with Gasteiger partial charge >= 0.3 is 5.69 Å². The van der Waals surface area contributed by atoms with Gasteiger partial charge in [0.05, 0.1) is 42.4 Å². The Morgan fingerprint density at radius 1 is 0.822 bits per heavy atom. The van der Waals surface area contributed by atoms with Crippen molar-refractivity contribution >= 4 is 50.0 Å². The van der Waals surface area contributed by atoms with Gasteiger partial charge < -0.3 is 15.9 Å². The molecule has 4 aromatic carbocycles. The highest BCUT2D eigenvalue weighted by Gasteiger charge is 2.20. The molecule has 0 saturated carbocycles. The van der Waals surface area contributed by atoms with E-state index in [2.05, 4.69) is 15.5 Å². The molecule has 0 unspecified atom stereocenters. The standard InChI is InChI=1S/C19H14N4O6.C12H9N3S/c24-15-6-1-12(2-7-15)19(13-3-8-16(25)9-4-13)21-20-17-10-5-14(22(26)27)11-18(17)23(28)29;13-7-1-3-9-11(5-7)16-12-6-8(14)2-4-10(12)15-9/h1-11,20,24-25H;1-6,13H,14H2/p+1. The average Bonchev–Trinajstić information content (AvgIpc) is 3.02. The summed E-state index contributed by atoms with van der Waals surface area (Å²) in [6.07, 6.45) is 0. The van der Waals surface area contributed by atoms with E-state index in [1.54, 1.807) is 35.6 Å². The highest BCUT2D eigenvalue weighted by Crippen LogP contribution is 2.31. The topological polar surface area (TPSA) is 216 Å². The first-order valence-electron chi connectivity index (χ1n) is 13.1. The van der Waals surface area contributed by atoms with Crippen molar-refractivity contribution in [2.24, 2.45) is 5.10 Å². The van der Waals surface area contributed by atoms with Gasteiger partial charge in [-0.05, 0) is 78.9 Å². The molecule has 0 atom stereocenters. The Morgan fingerprint density at radius 3 is 2.07 bits per heavy atom. The van der Waals surface area contributed by atoms with E-state index in [0.717, 1.165) is 44.0 Å². The van der Waals surface area contributed by atoms with Gasteiger partial charge in [-0.3, -0.25) is 31.1 Å². The molecule has 0 fully saturated rings. The lowest BCUT2D eigenvalue weighted by molar-refractivity contribution is -0.393. The zero-order chi connectivity index (χ0) is 32.1. The normalized spacial score (nSPS) is 10.5. The highest BCUT2D eigenvalue weighted by molar-refractivity contribution is 7.21. The Bertz CT molecular complexity index is 2050. The molecule has 14 heteroatoms. The zero-order valence-corrected chi connectivity index (χ0v) is 24.0. The van der Waals surface area contributed by atoms with E-state index >= 15 is 0 Å². The second kappa shape index (κ2) is 12.8. The second-order valence-corrected chi connectivity index (χ2v) is 10.6. The van der Waals surface area contributed by atoms with Crippen LogP contribution < -0.4 is 21.9 Å². The van der Waals surface area contributed by atoms with Gasteiger partial charge in [0, 0.05) is 35.0 Å². The highest BCUT2D eigenvalue weighted by atomic mass is 32.1. The number of phenols is 2. The number of benzene rings is 5. The molecule has 45 heavy (non-hydrogen) atoms. The van der Waals surface area contributed by atoms with Crippen LogP contribution in [0.4, 0.5) is 22.7 Å². The molecule has 1 heterocycles. The van der Waals surface area contributed by atoms with E-state index in [4.69, 9.17) is 11.1 Å². The number of anilines is 2. The number of aromatic nitrogens is 1. The Hall–Kier alpha value is -6.41.